The number of ether oxygens (including phenoxy) is 4. The second-order valence-electron chi connectivity index (χ2n) is 14.9. The highest BCUT2D eigenvalue weighted by atomic mass is 32.2. The molecule has 1 saturated heterocycles. The molecule has 1 aliphatic rings. The average molecular weight is 845 g/mol. The van der Waals surface area contributed by atoms with Crippen LogP contribution in [0.4, 0.5) is 33.4 Å². The number of hydrogen-bond acceptors (Lipinski definition) is 13. The number of fused-ring (bicyclic) bond motifs is 1. The normalized spacial score (nSPS) is 19.5. The first-order valence-electron chi connectivity index (χ1n) is 18.7. The van der Waals surface area contributed by atoms with Gasteiger partial charge in [0.1, 0.15) is 58.4 Å². The Balaban J connectivity index is 1.16. The van der Waals surface area contributed by atoms with E-state index in [2.05, 4.69) is 31.0 Å². The molecule has 6 atom stereocenters. The molecule has 0 saturated carbocycles. The van der Waals surface area contributed by atoms with Gasteiger partial charge in [0.15, 0.2) is 12.0 Å². The van der Waals surface area contributed by atoms with Gasteiger partial charge in [-0.25, -0.2) is 14.0 Å². The third-order valence-electron chi connectivity index (χ3n) is 9.67. The molecule has 0 spiro atoms. The van der Waals surface area contributed by atoms with Gasteiger partial charge in [0, 0.05) is 41.0 Å². The number of aliphatic hydroxyl groups excluding tert-OH is 4. The maximum atomic E-state index is 13.5. The minimum absolute atomic E-state index is 0.0696. The zero-order valence-electron chi connectivity index (χ0n) is 33.7. The number of pyridine rings is 1. The summed E-state index contributed by atoms with van der Waals surface area (Å²) in [5, 5.41) is 53.2. The van der Waals surface area contributed by atoms with Crippen molar-refractivity contribution in [3.63, 3.8) is 0 Å². The van der Waals surface area contributed by atoms with Crippen molar-refractivity contribution in [3.05, 3.63) is 96.2 Å². The summed E-state index contributed by atoms with van der Waals surface area (Å²) in [6, 6.07) is 20.7. The van der Waals surface area contributed by atoms with Crippen molar-refractivity contribution in [3.8, 4) is 23.0 Å². The lowest BCUT2D eigenvalue weighted by atomic mass is 9.86. The van der Waals surface area contributed by atoms with Gasteiger partial charge in [-0.3, -0.25) is 4.79 Å². The number of aliphatic hydroxyl groups is 4. The molecular weight excluding hydrogens is 797 g/mol. The van der Waals surface area contributed by atoms with Crippen molar-refractivity contribution in [2.75, 3.05) is 47.8 Å². The van der Waals surface area contributed by atoms with E-state index < -0.39 is 60.2 Å². The molecular formula is C42H48N6O11S. The van der Waals surface area contributed by atoms with Gasteiger partial charge in [0.05, 0.1) is 43.5 Å². The lowest BCUT2D eigenvalue weighted by Gasteiger charge is -2.40. The van der Waals surface area contributed by atoms with Gasteiger partial charge in [-0.1, -0.05) is 45.0 Å². The van der Waals surface area contributed by atoms with Gasteiger partial charge in [-0.05, 0) is 53.4 Å². The van der Waals surface area contributed by atoms with Crippen LogP contribution in [0, 0.1) is 0 Å². The Morgan fingerprint density at radius 2 is 1.57 bits per heavy atom. The van der Waals surface area contributed by atoms with Crippen LogP contribution in [0.15, 0.2) is 85.1 Å². The Labute approximate surface area is 348 Å². The summed E-state index contributed by atoms with van der Waals surface area (Å²) in [6.45, 7) is 5.46. The molecule has 9 N–H and O–H groups in total. The third kappa shape index (κ3) is 9.87. The Kier molecular flexibility index (Phi) is 13.4. The van der Waals surface area contributed by atoms with E-state index in [1.807, 2.05) is 57.2 Å². The molecule has 4 aromatic carbocycles. The molecule has 318 valence electrons. The van der Waals surface area contributed by atoms with Crippen LogP contribution < -0.4 is 40.2 Å². The summed E-state index contributed by atoms with van der Waals surface area (Å²) in [7, 11) is 1.46. The highest BCUT2D eigenvalue weighted by molar-refractivity contribution is 7.85. The molecule has 18 heteroatoms. The Bertz CT molecular complexity index is 2390. The van der Waals surface area contributed by atoms with E-state index in [-0.39, 0.29) is 16.7 Å². The molecule has 60 heavy (non-hydrogen) atoms. The molecule has 0 bridgehead atoms. The molecule has 1 fully saturated rings. The minimum atomic E-state index is -1.68. The monoisotopic (exact) mass is 844 g/mol. The number of anilines is 5. The topological polar surface area (TPSA) is 242 Å². The van der Waals surface area contributed by atoms with Gasteiger partial charge in [0.25, 0.3) is 5.91 Å². The maximum absolute atomic E-state index is 13.5. The van der Waals surface area contributed by atoms with Crippen molar-refractivity contribution in [2.24, 2.45) is 0 Å². The average Bonchev–Trinajstić information content (AvgIpc) is 3.21. The number of rotatable bonds is 13. The fraction of sp³-hybridized carbons (Fsp3) is 0.310. The number of carbonyl (C=O) groups excluding carboxylic acids is 2. The summed E-state index contributed by atoms with van der Waals surface area (Å²) in [5.74, 6) is 1.12. The maximum Gasteiger partial charge on any atom is 0.323 e. The third-order valence-corrected chi connectivity index (χ3v) is 10.2. The van der Waals surface area contributed by atoms with Crippen LogP contribution in [-0.4, -0.2) is 99.3 Å². The molecule has 1 aromatic heterocycles. The van der Waals surface area contributed by atoms with E-state index in [0.717, 1.165) is 5.56 Å². The summed E-state index contributed by atoms with van der Waals surface area (Å²) in [5.41, 5.74) is 2.58. The van der Waals surface area contributed by atoms with E-state index in [9.17, 15) is 34.2 Å². The smallest absolute Gasteiger partial charge is 0.323 e. The number of hydrogen-bond donors (Lipinski definition) is 9. The first kappa shape index (κ1) is 43.6. The van der Waals surface area contributed by atoms with Crippen molar-refractivity contribution >= 4 is 62.3 Å². The fourth-order valence-corrected chi connectivity index (χ4v) is 7.07. The summed E-state index contributed by atoms with van der Waals surface area (Å²) >= 11 is 0. The summed E-state index contributed by atoms with van der Waals surface area (Å²) < 4.78 is 37.6. The van der Waals surface area contributed by atoms with E-state index in [1.165, 1.54) is 26.5 Å². The van der Waals surface area contributed by atoms with Crippen LogP contribution in [-0.2, 0) is 21.1 Å². The van der Waals surface area contributed by atoms with Crippen LogP contribution >= 0.6 is 0 Å². The van der Waals surface area contributed by atoms with Crippen LogP contribution in [0.1, 0.15) is 36.7 Å². The first-order chi connectivity index (χ1) is 28.6. The van der Waals surface area contributed by atoms with E-state index in [1.54, 1.807) is 42.6 Å². The lowest BCUT2D eigenvalue weighted by Crippen LogP contribution is -2.64. The summed E-state index contributed by atoms with van der Waals surface area (Å²) in [4.78, 5) is 31.1. The second kappa shape index (κ2) is 18.5. The summed E-state index contributed by atoms with van der Waals surface area (Å²) in [6.07, 6.45) is -2.98. The van der Waals surface area contributed by atoms with Crippen LogP contribution in [0.3, 0.4) is 0 Å². The molecule has 6 rings (SSSR count). The second-order valence-corrected chi connectivity index (χ2v) is 16.0. The molecule has 0 aliphatic carbocycles. The van der Waals surface area contributed by atoms with Crippen molar-refractivity contribution in [1.29, 1.82) is 0 Å². The van der Waals surface area contributed by atoms with Gasteiger partial charge >= 0.3 is 6.03 Å². The van der Waals surface area contributed by atoms with E-state index >= 15 is 0 Å². The molecule has 1 aliphatic heterocycles. The molecule has 0 radical (unpaired) electrons. The number of carbonyl (C=O) groups is 2. The van der Waals surface area contributed by atoms with E-state index in [4.69, 9.17) is 18.9 Å². The van der Waals surface area contributed by atoms with Gasteiger partial charge < -0.3 is 65.4 Å². The lowest BCUT2D eigenvalue weighted by molar-refractivity contribution is -0.252. The number of nitrogens with one attached hydrogen (secondary N) is 5. The standard InChI is InChI=1S/C42H48N6O11S/c1-42(2,3)22-17-29(38(57-5)30(18-22)48-60(6)55)46-41(54)45-28-13-14-31(26-10-8-7-9-25(26)28)58-24-15-16-43-34(20-24)44-23-11-12-27(32(19-23)56-4)39(52)47-35-37(51)36(50)33(21-49)59-40(35)53/h7-20,33,35-37,40,48-51,53H,21H2,1-6H3,(H,43,44)(H,47,52)(H2,45,46,54)/t33-,35-,36-,37-,40?,60?/m1/s1. The van der Waals surface area contributed by atoms with Gasteiger partial charge in [-0.2, -0.15) is 0 Å². The fourth-order valence-electron chi connectivity index (χ4n) is 6.61. The van der Waals surface area contributed by atoms with Crippen molar-refractivity contribution in [2.45, 2.75) is 56.8 Å². The van der Waals surface area contributed by atoms with Crippen molar-refractivity contribution < 1.29 is 53.2 Å². The molecule has 2 heterocycles. The van der Waals surface area contributed by atoms with Gasteiger partial charge in [0.2, 0.25) is 0 Å². The zero-order valence-corrected chi connectivity index (χ0v) is 34.5. The number of nitrogens with zero attached hydrogens (tertiary/aromatic N) is 1. The Hall–Kier alpha value is -6.02. The van der Waals surface area contributed by atoms with Crippen molar-refractivity contribution in [1.82, 2.24) is 10.3 Å². The van der Waals surface area contributed by atoms with Gasteiger partial charge in [-0.15, -0.1) is 0 Å². The van der Waals surface area contributed by atoms with Crippen LogP contribution in [0.2, 0.25) is 0 Å². The first-order valence-corrected chi connectivity index (χ1v) is 20.3. The number of methoxy groups -OCH3 is 2. The number of benzene rings is 4. The molecule has 5 aromatic rings. The number of aromatic nitrogens is 1. The van der Waals surface area contributed by atoms with E-state index in [0.29, 0.717) is 56.6 Å². The SMILES string of the molecule is COc1cc(Nc2cc(Oc3ccc(NC(=O)Nc4cc(C(C)(C)C)cc(NS(C)=O)c4OC)c4ccccc34)ccn2)ccc1C(=O)N[C@H]1C(O)O[C@H](CO)[C@@H](O)[C@@H]1O. The quantitative estimate of drug-likeness (QED) is 0.0762. The van der Waals surface area contributed by atoms with Crippen LogP contribution in [0.25, 0.3) is 10.8 Å². The Morgan fingerprint density at radius 3 is 2.25 bits per heavy atom. The predicted octanol–water partition coefficient (Wildman–Crippen LogP) is 4.96. The highest BCUT2D eigenvalue weighted by Crippen LogP contribution is 2.40. The van der Waals surface area contributed by atoms with Crippen LogP contribution in [0.5, 0.6) is 23.0 Å². The number of amides is 3. The Morgan fingerprint density at radius 1 is 0.850 bits per heavy atom. The molecule has 17 nitrogen and oxygen atoms in total. The number of urea groups is 1. The zero-order chi connectivity index (χ0) is 43.3. The molecule has 3 amide bonds. The minimum Gasteiger partial charge on any atom is -0.496 e. The highest BCUT2D eigenvalue weighted by Gasteiger charge is 2.44. The molecule has 2 unspecified atom stereocenters. The largest absolute Gasteiger partial charge is 0.496 e. The predicted molar refractivity (Wildman–Crippen MR) is 228 cm³/mol.